The normalized spacial score (nSPS) is 26.9. The van der Waals surface area contributed by atoms with Gasteiger partial charge in [0, 0.05) is 29.1 Å². The molecule has 4 saturated carbocycles. The Morgan fingerprint density at radius 3 is 2.69 bits per heavy atom. The minimum atomic E-state index is 0.117. The maximum absolute atomic E-state index is 5.76. The highest BCUT2D eigenvalue weighted by molar-refractivity contribution is 5.63. The number of ether oxygens (including phenoxy) is 1. The van der Waals surface area contributed by atoms with Crippen LogP contribution in [0.4, 0.5) is 5.69 Å². The van der Waals surface area contributed by atoms with Crippen LogP contribution in [-0.4, -0.2) is 28.3 Å². The molecular weight excluding hydrogens is 404 g/mol. The third kappa shape index (κ3) is 3.57. The average molecular weight is 435 g/mol. The van der Waals surface area contributed by atoms with Gasteiger partial charge in [0.05, 0.1) is 12.8 Å². The van der Waals surface area contributed by atoms with Crippen molar-refractivity contribution in [2.24, 2.45) is 5.41 Å². The molecule has 0 amide bonds. The minimum Gasteiger partial charge on any atom is -0.450 e. The van der Waals surface area contributed by atoms with Crippen molar-refractivity contribution in [1.29, 1.82) is 0 Å². The molecule has 1 aromatic carbocycles. The summed E-state index contributed by atoms with van der Waals surface area (Å²) in [6, 6.07) is 8.34. The maximum atomic E-state index is 5.76. The van der Waals surface area contributed by atoms with Gasteiger partial charge in [-0.2, -0.15) is 9.97 Å². The van der Waals surface area contributed by atoms with E-state index in [2.05, 4.69) is 33.7 Å². The summed E-state index contributed by atoms with van der Waals surface area (Å²) in [5.74, 6) is 3.13. The number of hydrogen-bond acceptors (Lipinski definition) is 7. The third-order valence-corrected chi connectivity index (χ3v) is 7.81. The highest BCUT2D eigenvalue weighted by atomic mass is 16.6. The number of nitrogens with one attached hydrogen (secondary N) is 1. The zero-order valence-corrected chi connectivity index (χ0v) is 18.6. The molecule has 4 aliphatic rings. The molecule has 168 valence electrons. The molecule has 7 nitrogen and oxygen atoms in total. The Labute approximate surface area is 187 Å². The van der Waals surface area contributed by atoms with Gasteiger partial charge in [0.1, 0.15) is 0 Å². The van der Waals surface area contributed by atoms with E-state index >= 15 is 0 Å². The molecule has 0 spiro atoms. The Balaban J connectivity index is 1.10. The summed E-state index contributed by atoms with van der Waals surface area (Å²) < 4.78 is 16.8. The first-order valence-corrected chi connectivity index (χ1v) is 11.9. The highest BCUT2D eigenvalue weighted by Gasteiger charge is 2.52. The molecule has 4 fully saturated rings. The van der Waals surface area contributed by atoms with Crippen LogP contribution in [0.5, 0.6) is 6.08 Å². The van der Waals surface area contributed by atoms with Crippen LogP contribution in [0.2, 0.25) is 0 Å². The fourth-order valence-electron chi connectivity index (χ4n) is 5.46. The molecule has 0 aliphatic heterocycles. The number of rotatable bonds is 8. The zero-order valence-electron chi connectivity index (χ0n) is 18.6. The monoisotopic (exact) mass is 434 g/mol. The molecule has 0 saturated heterocycles. The second-order valence-corrected chi connectivity index (χ2v) is 9.87. The van der Waals surface area contributed by atoms with Crippen LogP contribution in [0.15, 0.2) is 39.4 Å². The summed E-state index contributed by atoms with van der Waals surface area (Å²) in [7, 11) is 0. The van der Waals surface area contributed by atoms with Gasteiger partial charge in [0.15, 0.2) is 11.6 Å². The van der Waals surface area contributed by atoms with Crippen molar-refractivity contribution in [2.45, 2.75) is 69.6 Å². The van der Waals surface area contributed by atoms with E-state index in [1.54, 1.807) is 6.20 Å². The molecule has 0 unspecified atom stereocenters. The van der Waals surface area contributed by atoms with Gasteiger partial charge >= 0.3 is 6.08 Å². The lowest BCUT2D eigenvalue weighted by Crippen LogP contribution is -2.47. The van der Waals surface area contributed by atoms with Crippen LogP contribution in [0.1, 0.15) is 75.9 Å². The molecule has 2 bridgehead atoms. The number of oxazole rings is 1. The van der Waals surface area contributed by atoms with Crippen LogP contribution in [-0.2, 0) is 5.41 Å². The number of hydrogen-bond donors (Lipinski definition) is 1. The zero-order chi connectivity index (χ0) is 21.6. The van der Waals surface area contributed by atoms with Gasteiger partial charge in [0.25, 0.3) is 0 Å². The Bertz CT molecular complexity index is 1080. The number of anilines is 1. The summed E-state index contributed by atoms with van der Waals surface area (Å²) in [4.78, 5) is 9.00. The van der Waals surface area contributed by atoms with Crippen molar-refractivity contribution in [2.75, 3.05) is 18.5 Å². The van der Waals surface area contributed by atoms with E-state index in [0.717, 1.165) is 54.5 Å². The van der Waals surface area contributed by atoms with Crippen molar-refractivity contribution < 1.29 is 13.7 Å². The molecule has 4 aliphatic carbocycles. The van der Waals surface area contributed by atoms with E-state index in [1.807, 2.05) is 13.0 Å². The molecule has 2 aromatic heterocycles. The van der Waals surface area contributed by atoms with Crippen molar-refractivity contribution >= 4 is 5.69 Å². The number of fused-ring (bicyclic) bond motifs is 3. The number of benzene rings is 1. The van der Waals surface area contributed by atoms with Crippen molar-refractivity contribution in [3.8, 4) is 17.4 Å². The molecule has 0 radical (unpaired) electrons. The van der Waals surface area contributed by atoms with E-state index < -0.39 is 0 Å². The summed E-state index contributed by atoms with van der Waals surface area (Å²) in [5, 5.41) is 7.99. The molecule has 1 N–H and O–H groups in total. The van der Waals surface area contributed by atoms with Crippen LogP contribution < -0.4 is 10.1 Å². The van der Waals surface area contributed by atoms with Gasteiger partial charge in [-0.3, -0.25) is 0 Å². The predicted octanol–water partition coefficient (Wildman–Crippen LogP) is 5.70. The fraction of sp³-hybridized carbons (Fsp3) is 0.560. The van der Waals surface area contributed by atoms with Crippen LogP contribution in [0.25, 0.3) is 11.3 Å². The van der Waals surface area contributed by atoms with E-state index in [1.165, 1.54) is 32.1 Å². The van der Waals surface area contributed by atoms with Gasteiger partial charge < -0.3 is 19.0 Å². The van der Waals surface area contributed by atoms with Crippen molar-refractivity contribution in [3.05, 3.63) is 42.2 Å². The summed E-state index contributed by atoms with van der Waals surface area (Å²) in [6.07, 6.45) is 11.5. The molecule has 32 heavy (non-hydrogen) atoms. The summed E-state index contributed by atoms with van der Waals surface area (Å²) in [5.41, 5.74) is 2.58. The lowest BCUT2D eigenvalue weighted by atomic mass is 9.53. The van der Waals surface area contributed by atoms with Gasteiger partial charge in [-0.25, -0.2) is 0 Å². The second-order valence-electron chi connectivity index (χ2n) is 9.87. The topological polar surface area (TPSA) is 86.2 Å². The lowest BCUT2D eigenvalue weighted by Gasteiger charge is -2.52. The molecule has 7 rings (SSSR count). The molecule has 3 aromatic rings. The third-order valence-electron chi connectivity index (χ3n) is 7.81. The molecular formula is C25H30N4O3. The van der Waals surface area contributed by atoms with Crippen LogP contribution in [0.3, 0.4) is 0 Å². The van der Waals surface area contributed by atoms with E-state index in [0.29, 0.717) is 24.0 Å². The second kappa shape index (κ2) is 7.64. The SMILES string of the molecule is CCOc1ncc(-c2cccc(NCC34CCC(c5nc(C6CC6)no5)(CC3)CC4)c2)o1. The standard InChI is InChI=1S/C25H30N4O3/c1-2-30-23-26-15-20(31-23)18-4-3-5-19(14-18)27-16-24-8-11-25(12-9-24,13-10-24)22-28-21(29-32-22)17-6-7-17/h3-5,14-15,17,27H,2,6-13,16H2,1H3. The largest absolute Gasteiger partial charge is 0.450 e. The van der Waals surface area contributed by atoms with E-state index in [-0.39, 0.29) is 5.41 Å². The van der Waals surface area contributed by atoms with Crippen molar-refractivity contribution in [3.63, 3.8) is 0 Å². The van der Waals surface area contributed by atoms with Gasteiger partial charge in [-0.15, -0.1) is 0 Å². The van der Waals surface area contributed by atoms with Crippen LogP contribution >= 0.6 is 0 Å². The van der Waals surface area contributed by atoms with Crippen LogP contribution in [0, 0.1) is 5.41 Å². The van der Waals surface area contributed by atoms with Gasteiger partial charge in [-0.05, 0) is 75.8 Å². The summed E-state index contributed by atoms with van der Waals surface area (Å²) >= 11 is 0. The van der Waals surface area contributed by atoms with Crippen molar-refractivity contribution in [1.82, 2.24) is 15.1 Å². The first-order valence-electron chi connectivity index (χ1n) is 11.9. The van der Waals surface area contributed by atoms with Gasteiger partial charge in [0.2, 0.25) is 5.89 Å². The van der Waals surface area contributed by atoms with E-state index in [9.17, 15) is 0 Å². The maximum Gasteiger partial charge on any atom is 0.394 e. The number of nitrogens with zero attached hydrogens (tertiary/aromatic N) is 3. The lowest BCUT2D eigenvalue weighted by molar-refractivity contribution is 0.0322. The Morgan fingerprint density at radius 1 is 1.12 bits per heavy atom. The Kier molecular flexibility index (Phi) is 4.73. The first kappa shape index (κ1) is 19.8. The highest BCUT2D eigenvalue weighted by Crippen LogP contribution is 2.57. The average Bonchev–Trinajstić information content (AvgIpc) is 3.37. The van der Waals surface area contributed by atoms with Gasteiger partial charge in [-0.1, -0.05) is 17.3 Å². The van der Waals surface area contributed by atoms with E-state index in [4.69, 9.17) is 18.7 Å². The summed E-state index contributed by atoms with van der Waals surface area (Å²) in [6.45, 7) is 3.45. The Morgan fingerprint density at radius 2 is 1.94 bits per heavy atom. The fourth-order valence-corrected chi connectivity index (χ4v) is 5.46. The first-order chi connectivity index (χ1) is 15.7. The number of aromatic nitrogens is 3. The Hall–Kier alpha value is -2.83. The smallest absolute Gasteiger partial charge is 0.394 e. The molecule has 0 atom stereocenters. The molecule has 2 heterocycles. The minimum absolute atomic E-state index is 0.117. The predicted molar refractivity (Wildman–Crippen MR) is 120 cm³/mol. The quantitative estimate of drug-likeness (QED) is 0.486. The molecule has 7 heteroatoms.